The number of hydrogen-bond acceptors (Lipinski definition) is 2. The zero-order valence-electron chi connectivity index (χ0n) is 8.36. The molecule has 0 radical (unpaired) electrons. The number of aliphatic hydroxyl groups is 1. The second kappa shape index (κ2) is 5.62. The van der Waals surface area contributed by atoms with Gasteiger partial charge in [0.2, 0.25) is 0 Å². The first-order valence-electron chi connectivity index (χ1n) is 4.82. The average Bonchev–Trinajstić information content (AvgIpc) is 2.74. The van der Waals surface area contributed by atoms with Gasteiger partial charge in [-0.2, -0.15) is 0 Å². The van der Waals surface area contributed by atoms with Gasteiger partial charge in [-0.25, -0.2) is 0 Å². The van der Waals surface area contributed by atoms with Crippen molar-refractivity contribution in [1.29, 1.82) is 0 Å². The van der Waals surface area contributed by atoms with Crippen LogP contribution in [0, 0.1) is 3.57 Å². The van der Waals surface area contributed by atoms with Gasteiger partial charge in [-0.15, -0.1) is 11.3 Å². The number of rotatable bonds is 3. The fraction of sp³-hybridized carbons (Fsp3) is 0.167. The van der Waals surface area contributed by atoms with E-state index in [9.17, 15) is 5.11 Å². The Morgan fingerprint density at radius 3 is 2.88 bits per heavy atom. The van der Waals surface area contributed by atoms with Gasteiger partial charge in [0.15, 0.2) is 0 Å². The average molecular weight is 409 g/mol. The van der Waals surface area contributed by atoms with Crippen molar-refractivity contribution in [2.75, 3.05) is 0 Å². The van der Waals surface area contributed by atoms with E-state index in [1.807, 2.05) is 29.6 Å². The van der Waals surface area contributed by atoms with Gasteiger partial charge in [-0.3, -0.25) is 0 Å². The number of hydrogen-bond donors (Lipinski definition) is 1. The lowest BCUT2D eigenvalue weighted by molar-refractivity contribution is 0.178. The lowest BCUT2D eigenvalue weighted by Crippen LogP contribution is -2.02. The SMILES string of the molecule is OC(Cc1cccs1)c1cc(Br)ccc1I. The molecule has 0 aliphatic rings. The molecule has 0 bridgehead atoms. The first-order valence-corrected chi connectivity index (χ1v) is 7.57. The molecule has 0 aliphatic heterocycles. The van der Waals surface area contributed by atoms with E-state index in [-0.39, 0.29) is 0 Å². The van der Waals surface area contributed by atoms with Gasteiger partial charge < -0.3 is 5.11 Å². The molecule has 0 saturated heterocycles. The maximum Gasteiger partial charge on any atom is 0.0848 e. The Morgan fingerprint density at radius 1 is 1.38 bits per heavy atom. The zero-order valence-corrected chi connectivity index (χ0v) is 12.9. The van der Waals surface area contributed by atoms with E-state index in [0.717, 1.165) is 13.6 Å². The summed E-state index contributed by atoms with van der Waals surface area (Å²) in [5.74, 6) is 0. The van der Waals surface area contributed by atoms with Crippen LogP contribution in [0.4, 0.5) is 0 Å². The van der Waals surface area contributed by atoms with Crippen LogP contribution >= 0.6 is 49.9 Å². The summed E-state index contributed by atoms with van der Waals surface area (Å²) >= 11 is 7.37. The minimum atomic E-state index is -0.428. The summed E-state index contributed by atoms with van der Waals surface area (Å²) in [5, 5.41) is 12.2. The normalized spacial score (nSPS) is 12.7. The summed E-state index contributed by atoms with van der Waals surface area (Å²) < 4.78 is 2.11. The van der Waals surface area contributed by atoms with Gasteiger partial charge in [0.25, 0.3) is 0 Å². The standard InChI is InChI=1S/C12H10BrIOS/c13-8-3-4-11(14)10(6-8)12(15)7-9-2-1-5-16-9/h1-6,12,15H,7H2. The molecule has 0 aliphatic carbocycles. The second-order valence-electron chi connectivity index (χ2n) is 3.47. The van der Waals surface area contributed by atoms with Gasteiger partial charge in [0.05, 0.1) is 6.10 Å². The van der Waals surface area contributed by atoms with E-state index in [2.05, 4.69) is 44.6 Å². The summed E-state index contributed by atoms with van der Waals surface area (Å²) in [6.45, 7) is 0. The summed E-state index contributed by atoms with van der Waals surface area (Å²) in [6, 6.07) is 10.1. The molecule has 0 amide bonds. The highest BCUT2D eigenvalue weighted by Gasteiger charge is 2.12. The van der Waals surface area contributed by atoms with Gasteiger partial charge in [0.1, 0.15) is 0 Å². The van der Waals surface area contributed by atoms with Crippen molar-refractivity contribution < 1.29 is 5.11 Å². The zero-order chi connectivity index (χ0) is 11.5. The predicted octanol–water partition coefficient (Wildman–Crippen LogP) is 4.39. The fourth-order valence-electron chi connectivity index (χ4n) is 1.50. The molecular weight excluding hydrogens is 399 g/mol. The van der Waals surface area contributed by atoms with Crippen molar-refractivity contribution in [3.05, 3.63) is 54.2 Å². The first kappa shape index (κ1) is 12.5. The fourth-order valence-corrected chi connectivity index (χ4v) is 3.32. The van der Waals surface area contributed by atoms with Crippen LogP contribution in [-0.4, -0.2) is 5.11 Å². The van der Waals surface area contributed by atoms with Gasteiger partial charge in [-0.1, -0.05) is 22.0 Å². The molecule has 0 saturated carbocycles. The van der Waals surface area contributed by atoms with Gasteiger partial charge in [-0.05, 0) is 57.8 Å². The molecule has 1 unspecified atom stereocenters. The number of thiophene rings is 1. The third-order valence-corrected chi connectivity index (χ3v) is 4.67. The van der Waals surface area contributed by atoms with Crippen LogP contribution in [0.2, 0.25) is 0 Å². The molecular formula is C12H10BrIOS. The molecule has 4 heteroatoms. The lowest BCUT2D eigenvalue weighted by Gasteiger charge is -2.12. The molecule has 1 atom stereocenters. The van der Waals surface area contributed by atoms with Crippen LogP contribution in [0.3, 0.4) is 0 Å². The van der Waals surface area contributed by atoms with E-state index in [1.54, 1.807) is 11.3 Å². The van der Waals surface area contributed by atoms with Gasteiger partial charge in [0, 0.05) is 19.3 Å². The van der Waals surface area contributed by atoms with Crippen molar-refractivity contribution in [1.82, 2.24) is 0 Å². The maximum atomic E-state index is 10.2. The van der Waals surface area contributed by atoms with E-state index in [1.165, 1.54) is 4.88 Å². The van der Waals surface area contributed by atoms with Crippen molar-refractivity contribution >= 4 is 49.9 Å². The molecule has 1 aromatic carbocycles. The third kappa shape index (κ3) is 3.06. The van der Waals surface area contributed by atoms with Gasteiger partial charge >= 0.3 is 0 Å². The lowest BCUT2D eigenvalue weighted by atomic mass is 10.1. The quantitative estimate of drug-likeness (QED) is 0.746. The van der Waals surface area contributed by atoms with E-state index in [0.29, 0.717) is 6.42 Å². The van der Waals surface area contributed by atoms with Crippen molar-refractivity contribution in [2.45, 2.75) is 12.5 Å². The van der Waals surface area contributed by atoms with Crippen molar-refractivity contribution in [2.24, 2.45) is 0 Å². The minimum absolute atomic E-state index is 0.428. The molecule has 16 heavy (non-hydrogen) atoms. The minimum Gasteiger partial charge on any atom is -0.388 e. The van der Waals surface area contributed by atoms with Crippen LogP contribution in [0.5, 0.6) is 0 Å². The summed E-state index contributed by atoms with van der Waals surface area (Å²) in [5.41, 5.74) is 0.989. The predicted molar refractivity (Wildman–Crippen MR) is 79.8 cm³/mol. The molecule has 1 heterocycles. The van der Waals surface area contributed by atoms with E-state index < -0.39 is 6.10 Å². The Kier molecular flexibility index (Phi) is 4.41. The van der Waals surface area contributed by atoms with Crippen LogP contribution in [0.1, 0.15) is 16.5 Å². The molecule has 1 N–H and O–H groups in total. The Morgan fingerprint density at radius 2 is 2.19 bits per heavy atom. The largest absolute Gasteiger partial charge is 0.388 e. The van der Waals surface area contributed by atoms with E-state index in [4.69, 9.17) is 0 Å². The van der Waals surface area contributed by atoms with Crippen LogP contribution in [0.15, 0.2) is 40.2 Å². The second-order valence-corrected chi connectivity index (χ2v) is 6.58. The Labute approximate surface area is 121 Å². The smallest absolute Gasteiger partial charge is 0.0848 e. The van der Waals surface area contributed by atoms with Crippen molar-refractivity contribution in [3.63, 3.8) is 0 Å². The van der Waals surface area contributed by atoms with Crippen molar-refractivity contribution in [3.8, 4) is 0 Å². The number of halogens is 2. The molecule has 1 nitrogen and oxygen atoms in total. The molecule has 2 rings (SSSR count). The summed E-state index contributed by atoms with van der Waals surface area (Å²) in [6.07, 6.45) is 0.257. The van der Waals surface area contributed by atoms with Crippen LogP contribution in [-0.2, 0) is 6.42 Å². The Hall–Kier alpha value is 0.0900. The van der Waals surface area contributed by atoms with Crippen LogP contribution in [0.25, 0.3) is 0 Å². The maximum absolute atomic E-state index is 10.2. The molecule has 84 valence electrons. The topological polar surface area (TPSA) is 20.2 Å². The van der Waals surface area contributed by atoms with E-state index >= 15 is 0 Å². The molecule has 2 aromatic rings. The molecule has 0 fully saturated rings. The summed E-state index contributed by atoms with van der Waals surface area (Å²) in [4.78, 5) is 1.21. The highest BCUT2D eigenvalue weighted by molar-refractivity contribution is 14.1. The molecule has 1 aromatic heterocycles. The number of benzene rings is 1. The number of aliphatic hydroxyl groups excluding tert-OH is 1. The monoisotopic (exact) mass is 408 g/mol. The summed E-state index contributed by atoms with van der Waals surface area (Å²) in [7, 11) is 0. The third-order valence-electron chi connectivity index (χ3n) is 2.29. The Balaban J connectivity index is 2.20. The highest BCUT2D eigenvalue weighted by atomic mass is 127. The highest BCUT2D eigenvalue weighted by Crippen LogP contribution is 2.27. The first-order chi connectivity index (χ1) is 7.66. The molecule has 0 spiro atoms. The van der Waals surface area contributed by atoms with Crippen LogP contribution < -0.4 is 0 Å². The Bertz CT molecular complexity index is 470.